The van der Waals surface area contributed by atoms with E-state index in [-0.39, 0.29) is 59.6 Å². The summed E-state index contributed by atoms with van der Waals surface area (Å²) >= 11 is 1.58. The van der Waals surface area contributed by atoms with Gasteiger partial charge in [-0.25, -0.2) is 19.5 Å². The number of fused-ring (bicyclic) bond motifs is 4. The number of rotatable bonds is 13. The molecule has 3 saturated heterocycles. The number of aliphatic hydroxyl groups excluding tert-OH is 1. The number of ether oxygens (including phenoxy) is 1. The monoisotopic (exact) mass is 1080 g/mol. The van der Waals surface area contributed by atoms with Gasteiger partial charge in [0.25, 0.3) is 23.6 Å². The lowest BCUT2D eigenvalue weighted by molar-refractivity contribution is -0.155. The standard InChI is InChI=1S/C53H59N10O11PS/c1-30-22-33(15-18-59(30)34-8-10-39-40(24-34)51(67)63(50(39)66)43-11-13-46(65)62(52(43)68)29-74-75(70,71)72)58-20-21-60(31(2)27-58)35-9-12-45(55-26-35)57-42-23-32(25-56-49(42)73-3)36-14-17-54-48(41(36)28-64)61-19-16-38-37-6-4-5-7-44(37)76-47(38)53(61)69/h8-10,12,14,17,23-26,30-31,33,43,64H,4-7,11,13,15-16,18-22,27-29H2,1-3H3,(H,55,57)(H2,70,71,72)/t30-,31+,33?,43+/m1/s1/i3D3. The molecule has 4 atom stereocenters. The van der Waals surface area contributed by atoms with E-state index >= 15 is 0 Å². The number of piperidine rings is 2. The van der Waals surface area contributed by atoms with Crippen LogP contribution in [0.3, 0.4) is 0 Å². The van der Waals surface area contributed by atoms with E-state index in [1.54, 1.807) is 65.0 Å². The van der Waals surface area contributed by atoms with Gasteiger partial charge in [-0.3, -0.25) is 48.1 Å². The Balaban J connectivity index is 0.730. The van der Waals surface area contributed by atoms with E-state index in [4.69, 9.17) is 23.6 Å². The Kier molecular flexibility index (Phi) is 13.0. The van der Waals surface area contributed by atoms with Crippen molar-refractivity contribution in [3.05, 3.63) is 98.6 Å². The smallest absolute Gasteiger partial charge is 0.471 e. The molecule has 1 unspecified atom stereocenters. The number of nitrogens with one attached hydrogen (secondary N) is 1. The number of aliphatic hydroxyl groups is 1. The number of methoxy groups -OCH3 is 1. The maximum atomic E-state index is 14.1. The second kappa shape index (κ2) is 20.7. The second-order valence-corrected chi connectivity index (χ2v) is 22.5. The quantitative estimate of drug-likeness (QED) is 0.0818. The van der Waals surface area contributed by atoms with Crippen LogP contribution in [0.15, 0.2) is 61.1 Å². The number of carbonyl (C=O) groups excluding carboxylic acids is 5. The minimum atomic E-state index is -5.02. The number of pyridine rings is 3. The van der Waals surface area contributed by atoms with Crippen LogP contribution in [-0.2, 0) is 44.5 Å². The van der Waals surface area contributed by atoms with Crippen LogP contribution in [0, 0.1) is 0 Å². The summed E-state index contributed by atoms with van der Waals surface area (Å²) in [6, 6.07) is 11.3. The Morgan fingerprint density at radius 2 is 1.62 bits per heavy atom. The summed E-state index contributed by atoms with van der Waals surface area (Å²) in [5.41, 5.74) is 6.15. The molecule has 1 aliphatic carbocycles. The summed E-state index contributed by atoms with van der Waals surface area (Å²) in [6.07, 6.45) is 11.1. The van der Waals surface area contributed by atoms with Crippen molar-refractivity contribution >= 4 is 77.4 Å². The number of benzene rings is 1. The molecular weight excluding hydrogens is 1020 g/mol. The van der Waals surface area contributed by atoms with Crippen LogP contribution in [0.4, 0.5) is 28.7 Å². The van der Waals surface area contributed by atoms with Crippen molar-refractivity contribution in [2.24, 2.45) is 0 Å². The van der Waals surface area contributed by atoms with Crippen molar-refractivity contribution in [2.75, 3.05) is 66.5 Å². The highest BCUT2D eigenvalue weighted by Gasteiger charge is 2.48. The predicted molar refractivity (Wildman–Crippen MR) is 282 cm³/mol. The fourth-order valence-electron chi connectivity index (χ4n) is 12.0. The summed E-state index contributed by atoms with van der Waals surface area (Å²) in [5.74, 6) is -2.59. The first-order valence-corrected chi connectivity index (χ1v) is 27.9. The third-order valence-electron chi connectivity index (χ3n) is 15.8. The van der Waals surface area contributed by atoms with Crippen molar-refractivity contribution in [3.63, 3.8) is 0 Å². The molecule has 0 radical (unpaired) electrons. The maximum absolute atomic E-state index is 14.1. The SMILES string of the molecule is [2H]C([2H])([2H])Oc1ncc(-c2ccnc(N3CCc4c(sc5c4CCCC5)C3=O)c2CO)cc1Nc1ccc(N2CCN(C3CCN(c4ccc5c(c4)C(=O)N([C@H]4CCC(=O)N(COP(=O)(O)O)C4=O)C5=O)[C@H](C)C3)C[C@@H]2C)cn1. The Bertz CT molecular complexity index is 3320. The number of phosphoric ester groups is 1. The number of piperazine rings is 1. The van der Waals surface area contributed by atoms with Crippen molar-refractivity contribution in [1.29, 1.82) is 0 Å². The van der Waals surface area contributed by atoms with Gasteiger partial charge in [-0.2, -0.15) is 0 Å². The van der Waals surface area contributed by atoms with Gasteiger partial charge in [0, 0.05) is 91.4 Å². The van der Waals surface area contributed by atoms with Gasteiger partial charge in [0.2, 0.25) is 11.8 Å². The van der Waals surface area contributed by atoms with Gasteiger partial charge in [0.05, 0.1) is 45.6 Å². The number of hydrogen-bond acceptors (Lipinski definition) is 17. The van der Waals surface area contributed by atoms with E-state index in [9.17, 15) is 33.6 Å². The second-order valence-electron chi connectivity index (χ2n) is 20.2. The lowest BCUT2D eigenvalue weighted by atomic mass is 9.92. The molecule has 4 N–H and O–H groups in total. The zero-order valence-corrected chi connectivity index (χ0v) is 43.6. The number of imide groups is 2. The number of anilines is 5. The molecule has 1 aromatic carbocycles. The molecule has 76 heavy (non-hydrogen) atoms. The molecule has 21 nitrogen and oxygen atoms in total. The molecule has 6 aliphatic rings. The summed E-state index contributed by atoms with van der Waals surface area (Å²) in [5, 5.41) is 14.1. The summed E-state index contributed by atoms with van der Waals surface area (Å²) in [7, 11) is -7.83. The maximum Gasteiger partial charge on any atom is 0.471 e. The number of aryl methyl sites for hydroxylation is 1. The van der Waals surface area contributed by atoms with E-state index in [0.29, 0.717) is 52.7 Å². The summed E-state index contributed by atoms with van der Waals surface area (Å²) in [4.78, 5) is 111. The number of amides is 5. The molecule has 5 aromatic rings. The first-order valence-electron chi connectivity index (χ1n) is 27.0. The fraction of sp³-hybridized carbons (Fsp3) is 0.434. The first-order chi connectivity index (χ1) is 37.7. The molecule has 23 heteroatoms. The van der Waals surface area contributed by atoms with E-state index in [1.807, 2.05) is 6.07 Å². The van der Waals surface area contributed by atoms with Crippen LogP contribution in [0.2, 0.25) is 0 Å². The lowest BCUT2D eigenvalue weighted by Crippen LogP contribution is -2.58. The fourth-order valence-corrected chi connectivity index (χ4v) is 13.7. The predicted octanol–water partition coefficient (Wildman–Crippen LogP) is 5.67. The van der Waals surface area contributed by atoms with E-state index in [1.165, 1.54) is 16.6 Å². The topological polar surface area (TPSA) is 252 Å². The molecule has 11 rings (SSSR count). The lowest BCUT2D eigenvalue weighted by Gasteiger charge is -2.48. The first kappa shape index (κ1) is 47.8. The van der Waals surface area contributed by atoms with E-state index in [2.05, 4.69) is 48.4 Å². The number of likely N-dealkylation sites (tertiary alicyclic amines) is 1. The number of thiophene rings is 1. The Hall–Kier alpha value is -6.65. The van der Waals surface area contributed by atoms with Crippen LogP contribution in [0.5, 0.6) is 5.88 Å². The van der Waals surface area contributed by atoms with Gasteiger partial charge in [-0.1, -0.05) is 0 Å². The largest absolute Gasteiger partial charge is 0.480 e. The van der Waals surface area contributed by atoms with Crippen molar-refractivity contribution < 1.29 is 56.8 Å². The average molecular weight is 1080 g/mol. The highest BCUT2D eigenvalue weighted by atomic mass is 32.1. The third kappa shape index (κ3) is 9.53. The van der Waals surface area contributed by atoms with Crippen LogP contribution in [-0.4, -0.2) is 145 Å². The minimum Gasteiger partial charge on any atom is -0.480 e. The number of hydrogen-bond donors (Lipinski definition) is 4. The molecule has 398 valence electrons. The van der Waals surface area contributed by atoms with Gasteiger partial charge >= 0.3 is 7.82 Å². The molecule has 3 fully saturated rings. The summed E-state index contributed by atoms with van der Waals surface area (Å²) < 4.78 is 44.6. The zero-order chi connectivity index (χ0) is 55.7. The molecule has 5 aliphatic heterocycles. The van der Waals surface area contributed by atoms with E-state index in [0.717, 1.165) is 84.9 Å². The van der Waals surface area contributed by atoms with Gasteiger partial charge in [-0.05, 0) is 124 Å². The molecule has 9 heterocycles. The molecule has 4 aromatic heterocycles. The molecule has 0 spiro atoms. The highest BCUT2D eigenvalue weighted by Crippen LogP contribution is 2.42. The average Bonchev–Trinajstić information content (AvgIpc) is 4.15. The minimum absolute atomic E-state index is 0.0671. The summed E-state index contributed by atoms with van der Waals surface area (Å²) in [6.45, 7) is 6.30. The molecular formula is C53H59N10O11PS. The zero-order valence-electron chi connectivity index (χ0n) is 44.9. The molecule has 5 amide bonds. The van der Waals surface area contributed by atoms with Crippen LogP contribution in [0.1, 0.15) is 108 Å². The van der Waals surface area contributed by atoms with Crippen LogP contribution >= 0.6 is 19.2 Å². The van der Waals surface area contributed by atoms with E-state index < -0.39 is 57.9 Å². The normalized spacial score (nSPS) is 23.0. The Morgan fingerprint density at radius 1 is 0.816 bits per heavy atom. The molecule has 0 saturated carbocycles. The van der Waals surface area contributed by atoms with Gasteiger partial charge < -0.3 is 34.7 Å². The Morgan fingerprint density at radius 3 is 2.38 bits per heavy atom. The Labute approximate surface area is 446 Å². The van der Waals surface area contributed by atoms with Crippen LogP contribution < -0.4 is 24.8 Å². The van der Waals surface area contributed by atoms with Crippen LogP contribution in [0.25, 0.3) is 11.1 Å². The van der Waals surface area contributed by atoms with Gasteiger partial charge in [0.15, 0.2) is 0 Å². The number of nitrogens with zero attached hydrogens (tertiary/aromatic N) is 9. The molecule has 0 bridgehead atoms. The number of aromatic nitrogens is 3. The van der Waals surface area contributed by atoms with Crippen molar-refractivity contribution in [2.45, 2.75) is 102 Å². The number of phosphoric acid groups is 1. The van der Waals surface area contributed by atoms with Crippen molar-refractivity contribution in [3.8, 4) is 17.0 Å². The highest BCUT2D eigenvalue weighted by molar-refractivity contribution is 7.46. The van der Waals surface area contributed by atoms with Gasteiger partial charge in [-0.15, -0.1) is 11.3 Å². The number of carbonyl (C=O) groups is 5. The van der Waals surface area contributed by atoms with Gasteiger partial charge in [0.1, 0.15) is 30.1 Å². The van der Waals surface area contributed by atoms with Crippen molar-refractivity contribution in [1.82, 2.24) is 29.7 Å². The third-order valence-corrected chi connectivity index (χ3v) is 17.5.